The lowest BCUT2D eigenvalue weighted by molar-refractivity contribution is -0.137. The molecule has 0 aliphatic heterocycles. The maximum absolute atomic E-state index is 13.7. The highest BCUT2D eigenvalue weighted by atomic mass is 32.2. The van der Waals surface area contributed by atoms with Crippen LogP contribution >= 0.6 is 0 Å². The lowest BCUT2D eigenvalue weighted by atomic mass is 9.84. The van der Waals surface area contributed by atoms with Gasteiger partial charge in [-0.05, 0) is 62.8 Å². The molecule has 3 rings (SSSR count). The van der Waals surface area contributed by atoms with E-state index in [-0.39, 0.29) is 17.7 Å². The zero-order chi connectivity index (χ0) is 27.1. The van der Waals surface area contributed by atoms with Gasteiger partial charge in [0, 0.05) is 40.8 Å². The highest BCUT2D eigenvalue weighted by Gasteiger charge is 2.35. The number of carbonyl (C=O) groups is 1. The Bertz CT molecular complexity index is 1090. The third kappa shape index (κ3) is 8.93. The van der Waals surface area contributed by atoms with Gasteiger partial charge >= 0.3 is 6.18 Å². The molecule has 204 valence electrons. The van der Waals surface area contributed by atoms with Gasteiger partial charge in [-0.3, -0.25) is 9.00 Å². The van der Waals surface area contributed by atoms with Crippen molar-refractivity contribution in [3.8, 4) is 0 Å². The number of nitrogens with two attached hydrogens (primary N) is 1. The summed E-state index contributed by atoms with van der Waals surface area (Å²) < 4.78 is 66.0. The fourth-order valence-corrected chi connectivity index (χ4v) is 5.16. The molecule has 2 aromatic rings. The zero-order valence-electron chi connectivity index (χ0n) is 20.6. The van der Waals surface area contributed by atoms with Crippen LogP contribution < -0.4 is 21.1 Å². The first kappa shape index (κ1) is 28.8. The molecule has 1 aliphatic carbocycles. The van der Waals surface area contributed by atoms with E-state index in [1.165, 1.54) is 12.1 Å². The number of hydrogen-bond acceptors (Lipinski definition) is 7. The van der Waals surface area contributed by atoms with Gasteiger partial charge in [-0.1, -0.05) is 25.7 Å². The second-order valence-corrected chi connectivity index (χ2v) is 10.3. The van der Waals surface area contributed by atoms with E-state index in [1.807, 2.05) is 6.92 Å². The Balaban J connectivity index is 1.70. The van der Waals surface area contributed by atoms with Crippen LogP contribution in [0.15, 0.2) is 30.5 Å². The molecule has 0 spiro atoms. The molecule has 3 unspecified atom stereocenters. The molecule has 0 radical (unpaired) electrons. The number of carbonyl (C=O) groups excluding carboxylic acids is 1. The number of anilines is 3. The minimum atomic E-state index is -4.64. The van der Waals surface area contributed by atoms with E-state index >= 15 is 0 Å². The van der Waals surface area contributed by atoms with Crippen LogP contribution in [0.3, 0.4) is 0 Å². The van der Waals surface area contributed by atoms with E-state index < -0.39 is 34.5 Å². The number of halogens is 3. The van der Waals surface area contributed by atoms with Crippen LogP contribution in [0.5, 0.6) is 0 Å². The quantitative estimate of drug-likeness (QED) is 0.356. The van der Waals surface area contributed by atoms with Gasteiger partial charge in [0.15, 0.2) is 0 Å². The van der Waals surface area contributed by atoms with Gasteiger partial charge in [-0.25, -0.2) is 9.71 Å². The fourth-order valence-electron chi connectivity index (χ4n) is 4.55. The Morgan fingerprint density at radius 2 is 1.84 bits per heavy atom. The summed E-state index contributed by atoms with van der Waals surface area (Å²) in [4.78, 5) is 19.1. The van der Waals surface area contributed by atoms with Gasteiger partial charge in [0.05, 0.1) is 0 Å². The SMILES string of the molecule is CC1(NS(=O)[O-])CCCCCC(CNc2nc(Nc3ccc(C(N)=O)cc3)ncc2C(F)(F)F)CCC1. The average molecular weight is 542 g/mol. The molecule has 1 aliphatic rings. The van der Waals surface area contributed by atoms with Crippen LogP contribution in [0, 0.1) is 5.92 Å². The zero-order valence-corrected chi connectivity index (χ0v) is 21.4. The van der Waals surface area contributed by atoms with E-state index in [9.17, 15) is 26.7 Å². The molecule has 1 amide bonds. The summed E-state index contributed by atoms with van der Waals surface area (Å²) in [7, 11) is 0. The summed E-state index contributed by atoms with van der Waals surface area (Å²) in [5, 5.41) is 5.74. The summed E-state index contributed by atoms with van der Waals surface area (Å²) in [6.07, 6.45) is 2.56. The maximum Gasteiger partial charge on any atom is 0.421 e. The molecule has 1 saturated carbocycles. The van der Waals surface area contributed by atoms with Gasteiger partial charge in [-0.15, -0.1) is 0 Å². The van der Waals surface area contributed by atoms with Crippen molar-refractivity contribution in [2.24, 2.45) is 11.7 Å². The maximum atomic E-state index is 13.7. The second kappa shape index (κ2) is 12.7. The Labute approximate surface area is 216 Å². The third-order valence-corrected chi connectivity index (χ3v) is 7.25. The molecule has 1 aromatic heterocycles. The van der Waals surface area contributed by atoms with Gasteiger partial charge in [-0.2, -0.15) is 18.2 Å². The molecule has 0 bridgehead atoms. The smallest absolute Gasteiger partial charge is 0.421 e. The molecule has 13 heteroatoms. The predicted octanol–water partition coefficient (Wildman–Crippen LogP) is 4.64. The molecular formula is C24H32F3N6O3S-. The van der Waals surface area contributed by atoms with Crippen molar-refractivity contribution in [3.05, 3.63) is 41.6 Å². The van der Waals surface area contributed by atoms with Crippen molar-refractivity contribution in [1.29, 1.82) is 0 Å². The molecular weight excluding hydrogens is 509 g/mol. The van der Waals surface area contributed by atoms with Crippen LogP contribution in [0.4, 0.5) is 30.6 Å². The Morgan fingerprint density at radius 1 is 1.16 bits per heavy atom. The molecule has 0 saturated heterocycles. The molecule has 5 N–H and O–H groups in total. The number of nitrogens with zero attached hydrogens (tertiary/aromatic N) is 2. The van der Waals surface area contributed by atoms with Crippen LogP contribution in [0.1, 0.15) is 74.2 Å². The van der Waals surface area contributed by atoms with Gasteiger partial charge in [0.1, 0.15) is 11.4 Å². The summed E-state index contributed by atoms with van der Waals surface area (Å²) in [5.41, 5.74) is 4.53. The van der Waals surface area contributed by atoms with Crippen molar-refractivity contribution < 1.29 is 26.7 Å². The summed E-state index contributed by atoms with van der Waals surface area (Å²) in [5.74, 6) is -0.829. The first-order valence-corrected chi connectivity index (χ1v) is 13.2. The first-order chi connectivity index (χ1) is 17.4. The molecule has 3 atom stereocenters. The van der Waals surface area contributed by atoms with E-state index in [0.717, 1.165) is 51.1 Å². The van der Waals surface area contributed by atoms with Gasteiger partial charge in [0.2, 0.25) is 11.9 Å². The van der Waals surface area contributed by atoms with Gasteiger partial charge in [0.25, 0.3) is 0 Å². The highest BCUT2D eigenvalue weighted by Crippen LogP contribution is 2.35. The highest BCUT2D eigenvalue weighted by molar-refractivity contribution is 7.77. The minimum absolute atomic E-state index is 0.0271. The number of primary amides is 1. The molecule has 1 aromatic carbocycles. The van der Waals surface area contributed by atoms with Crippen molar-refractivity contribution in [1.82, 2.24) is 14.7 Å². The number of rotatable bonds is 8. The normalized spacial score (nSPS) is 22.1. The van der Waals surface area contributed by atoms with Crippen LogP contribution in [0.25, 0.3) is 0 Å². The largest absolute Gasteiger partial charge is 0.760 e. The molecule has 37 heavy (non-hydrogen) atoms. The standard InChI is InChI=1S/C24H33F3N6O3S/c1-23(33-37(35)36)12-4-2-3-6-16(7-5-13-23)14-29-21-19(24(25,26)27)15-30-22(32-21)31-18-10-8-17(9-11-18)20(28)34/h8-11,15-16,33H,2-7,12-14H2,1H3,(H2,28,34)(H,35,36)(H2,29,30,31,32)/p-1. The van der Waals surface area contributed by atoms with Crippen molar-refractivity contribution >= 4 is 34.6 Å². The molecule has 9 nitrogen and oxygen atoms in total. The van der Waals surface area contributed by atoms with E-state index in [2.05, 4.69) is 25.3 Å². The predicted molar refractivity (Wildman–Crippen MR) is 135 cm³/mol. The summed E-state index contributed by atoms with van der Waals surface area (Å²) in [6, 6.07) is 6.09. The lowest BCUT2D eigenvalue weighted by Gasteiger charge is -2.33. The van der Waals surface area contributed by atoms with E-state index in [1.54, 1.807) is 12.1 Å². The molecule has 1 fully saturated rings. The van der Waals surface area contributed by atoms with Crippen LogP contribution in [-0.4, -0.2) is 36.7 Å². The summed E-state index contributed by atoms with van der Waals surface area (Å²) >= 11 is -2.35. The third-order valence-electron chi connectivity index (χ3n) is 6.59. The topological polar surface area (TPSA) is 145 Å². The number of amides is 1. The van der Waals surface area contributed by atoms with E-state index in [0.29, 0.717) is 24.2 Å². The van der Waals surface area contributed by atoms with Crippen molar-refractivity contribution in [2.75, 3.05) is 17.2 Å². The number of aromatic nitrogens is 2. The minimum Gasteiger partial charge on any atom is -0.760 e. The lowest BCUT2D eigenvalue weighted by Crippen LogP contribution is -2.43. The first-order valence-electron chi connectivity index (χ1n) is 12.2. The number of benzene rings is 1. The Kier molecular flexibility index (Phi) is 9.85. The van der Waals surface area contributed by atoms with Gasteiger partial charge < -0.3 is 20.9 Å². The van der Waals surface area contributed by atoms with Crippen LogP contribution in [-0.2, 0) is 17.4 Å². The van der Waals surface area contributed by atoms with E-state index in [4.69, 9.17) is 5.73 Å². The van der Waals surface area contributed by atoms with Crippen molar-refractivity contribution in [3.63, 3.8) is 0 Å². The summed E-state index contributed by atoms with van der Waals surface area (Å²) in [6.45, 7) is 2.19. The van der Waals surface area contributed by atoms with Crippen molar-refractivity contribution in [2.45, 2.75) is 70.0 Å². The fraction of sp³-hybridized carbons (Fsp3) is 0.542. The monoisotopic (exact) mass is 541 g/mol. The average Bonchev–Trinajstić information content (AvgIpc) is 2.81. The molecule has 1 heterocycles. The Morgan fingerprint density at radius 3 is 2.49 bits per heavy atom. The number of alkyl halides is 3. The Hall–Kier alpha value is -2.77. The number of nitrogens with one attached hydrogen (secondary N) is 3. The van der Waals surface area contributed by atoms with Crippen LogP contribution in [0.2, 0.25) is 0 Å². The second-order valence-electron chi connectivity index (χ2n) is 9.66. The number of hydrogen-bond donors (Lipinski definition) is 4.